The van der Waals surface area contributed by atoms with Crippen LogP contribution in [0.1, 0.15) is 26.6 Å². The van der Waals surface area contributed by atoms with Gasteiger partial charge >= 0.3 is 0 Å². The summed E-state index contributed by atoms with van der Waals surface area (Å²) in [5, 5.41) is 0.557. The highest BCUT2D eigenvalue weighted by Crippen LogP contribution is 2.25. The molecule has 3 rings (SSSR count). The molecule has 0 spiro atoms. The van der Waals surface area contributed by atoms with Crippen molar-refractivity contribution in [2.24, 2.45) is 0 Å². The number of carbonyl (C=O) groups is 2. The van der Waals surface area contributed by atoms with Crippen LogP contribution in [0.4, 0.5) is 5.69 Å². The first-order valence-electron chi connectivity index (χ1n) is 8.61. The molecule has 146 valence electrons. The average molecular weight is 399 g/mol. The fourth-order valence-corrected chi connectivity index (χ4v) is 3.74. The van der Waals surface area contributed by atoms with E-state index in [1.165, 1.54) is 11.3 Å². The van der Waals surface area contributed by atoms with Crippen LogP contribution in [0.3, 0.4) is 0 Å². The van der Waals surface area contributed by atoms with E-state index < -0.39 is 11.8 Å². The summed E-state index contributed by atoms with van der Waals surface area (Å²) in [7, 11) is 3.81. The molecule has 9 heteroatoms. The largest absolute Gasteiger partial charge is 0.378 e. The maximum Gasteiger partial charge on any atom is 0.269 e. The van der Waals surface area contributed by atoms with Gasteiger partial charge in [0, 0.05) is 30.2 Å². The zero-order valence-electron chi connectivity index (χ0n) is 16.0. The summed E-state index contributed by atoms with van der Waals surface area (Å²) < 4.78 is 0. The molecule has 28 heavy (non-hydrogen) atoms. The molecule has 3 N–H and O–H groups in total. The number of H-pyrrole nitrogens is 1. The number of fused-ring (bicyclic) bond motifs is 1. The number of hydrazine groups is 1. The van der Waals surface area contributed by atoms with Crippen LogP contribution < -0.4 is 21.3 Å². The minimum atomic E-state index is -0.481. The Morgan fingerprint density at radius 2 is 1.82 bits per heavy atom. The Kier molecular flexibility index (Phi) is 5.46. The number of nitrogens with one attached hydrogen (secondary N) is 3. The first kappa shape index (κ1) is 19.6. The molecule has 0 radical (unpaired) electrons. The summed E-state index contributed by atoms with van der Waals surface area (Å²) in [6.07, 6.45) is -0.152. The van der Waals surface area contributed by atoms with Gasteiger partial charge in [-0.05, 0) is 43.7 Å². The van der Waals surface area contributed by atoms with E-state index in [4.69, 9.17) is 0 Å². The molecule has 2 amide bonds. The van der Waals surface area contributed by atoms with E-state index in [-0.39, 0.29) is 17.8 Å². The van der Waals surface area contributed by atoms with E-state index >= 15 is 0 Å². The highest BCUT2D eigenvalue weighted by molar-refractivity contribution is 7.18. The normalized spacial score (nSPS) is 10.7. The van der Waals surface area contributed by atoms with E-state index in [0.717, 1.165) is 16.1 Å². The van der Waals surface area contributed by atoms with Crippen LogP contribution in [-0.4, -0.2) is 35.9 Å². The van der Waals surface area contributed by atoms with Crippen molar-refractivity contribution in [3.8, 4) is 0 Å². The number of hydrogen-bond acceptors (Lipinski definition) is 6. The molecule has 0 unspecified atom stereocenters. The summed E-state index contributed by atoms with van der Waals surface area (Å²) in [6, 6.07) is 6.97. The van der Waals surface area contributed by atoms with Crippen LogP contribution in [0.5, 0.6) is 0 Å². The molecular weight excluding hydrogens is 378 g/mol. The maximum absolute atomic E-state index is 12.2. The summed E-state index contributed by atoms with van der Waals surface area (Å²) in [4.78, 5) is 47.0. The van der Waals surface area contributed by atoms with Gasteiger partial charge in [0.2, 0.25) is 5.91 Å². The van der Waals surface area contributed by atoms with Crippen molar-refractivity contribution >= 4 is 39.1 Å². The van der Waals surface area contributed by atoms with Crippen molar-refractivity contribution < 1.29 is 9.59 Å². The number of thiophene rings is 1. The van der Waals surface area contributed by atoms with Gasteiger partial charge in [0.15, 0.2) is 0 Å². The lowest BCUT2D eigenvalue weighted by Crippen LogP contribution is -2.42. The number of hydrogen-bond donors (Lipinski definition) is 3. The Labute approximate surface area is 165 Å². The number of nitrogens with zero attached hydrogens (tertiary/aromatic N) is 2. The molecule has 0 fully saturated rings. The molecule has 0 saturated carbocycles. The summed E-state index contributed by atoms with van der Waals surface area (Å²) >= 11 is 1.42. The number of aromatic amines is 1. The number of aryl methyl sites for hydroxylation is 2. The number of benzene rings is 1. The second kappa shape index (κ2) is 7.81. The molecule has 0 bridgehead atoms. The van der Waals surface area contributed by atoms with E-state index in [1.807, 2.05) is 45.0 Å². The summed E-state index contributed by atoms with van der Waals surface area (Å²) in [5.74, 6) is -0.660. The Bertz CT molecular complexity index is 1100. The Morgan fingerprint density at radius 3 is 2.46 bits per heavy atom. The van der Waals surface area contributed by atoms with Crippen LogP contribution in [0.25, 0.3) is 10.2 Å². The molecule has 8 nitrogen and oxygen atoms in total. The lowest BCUT2D eigenvalue weighted by atomic mass is 10.2. The molecule has 0 aliphatic rings. The van der Waals surface area contributed by atoms with E-state index in [9.17, 15) is 14.4 Å². The molecule has 0 saturated heterocycles. The fourth-order valence-electron chi connectivity index (χ4n) is 2.69. The van der Waals surface area contributed by atoms with Crippen LogP contribution in [0.15, 0.2) is 29.1 Å². The predicted octanol–water partition coefficient (Wildman–Crippen LogP) is 1.67. The van der Waals surface area contributed by atoms with Crippen LogP contribution >= 0.6 is 11.3 Å². The van der Waals surface area contributed by atoms with Crippen molar-refractivity contribution in [1.82, 2.24) is 20.8 Å². The van der Waals surface area contributed by atoms with E-state index in [2.05, 4.69) is 20.8 Å². The Morgan fingerprint density at radius 1 is 1.14 bits per heavy atom. The van der Waals surface area contributed by atoms with Gasteiger partial charge in [-0.25, -0.2) is 4.98 Å². The lowest BCUT2D eigenvalue weighted by Gasteiger charge is -2.12. The zero-order valence-corrected chi connectivity index (χ0v) is 16.9. The van der Waals surface area contributed by atoms with Crippen molar-refractivity contribution in [2.45, 2.75) is 20.3 Å². The van der Waals surface area contributed by atoms with Gasteiger partial charge in [0.25, 0.3) is 11.5 Å². The molecule has 0 atom stereocenters. The average Bonchev–Trinajstić information content (AvgIpc) is 2.94. The highest BCUT2D eigenvalue weighted by atomic mass is 32.1. The third-order valence-electron chi connectivity index (χ3n) is 4.38. The van der Waals surface area contributed by atoms with Crippen molar-refractivity contribution in [3.63, 3.8) is 0 Å². The van der Waals surface area contributed by atoms with E-state index in [0.29, 0.717) is 15.8 Å². The molecule has 2 heterocycles. The zero-order chi connectivity index (χ0) is 20.4. The Hall–Kier alpha value is -3.20. The maximum atomic E-state index is 12.2. The predicted molar refractivity (Wildman–Crippen MR) is 110 cm³/mol. The molecule has 0 aliphatic heterocycles. The second-order valence-corrected chi connectivity index (χ2v) is 7.80. The topological polar surface area (TPSA) is 107 Å². The lowest BCUT2D eigenvalue weighted by molar-refractivity contribution is -0.121. The number of carbonyl (C=O) groups excluding carboxylic acids is 2. The van der Waals surface area contributed by atoms with Gasteiger partial charge in [-0.1, -0.05) is 0 Å². The number of aromatic nitrogens is 2. The van der Waals surface area contributed by atoms with Crippen molar-refractivity contribution in [3.05, 3.63) is 56.4 Å². The molecule has 0 aliphatic carbocycles. The number of amides is 2. The van der Waals surface area contributed by atoms with Crippen molar-refractivity contribution in [1.29, 1.82) is 0 Å². The first-order valence-corrected chi connectivity index (χ1v) is 9.43. The quantitative estimate of drug-likeness (QED) is 0.579. The first-order chi connectivity index (χ1) is 13.3. The summed E-state index contributed by atoms with van der Waals surface area (Å²) in [6.45, 7) is 3.80. The third kappa shape index (κ3) is 4.04. The standard InChI is InChI=1S/C19H21N5O3S/c1-10-11(2)28-19-16(10)18(27)20-14(21-19)9-15(25)22-23-17(26)12-5-7-13(8-6-12)24(3)4/h5-8H,9H2,1-4H3,(H,22,25)(H,23,26)(H,20,21,27). The second-order valence-electron chi connectivity index (χ2n) is 6.60. The third-order valence-corrected chi connectivity index (χ3v) is 5.48. The highest BCUT2D eigenvalue weighted by Gasteiger charge is 2.14. The van der Waals surface area contributed by atoms with Gasteiger partial charge in [-0.2, -0.15) is 0 Å². The minimum absolute atomic E-state index is 0.152. The molecule has 3 aromatic rings. The monoisotopic (exact) mass is 399 g/mol. The van der Waals surface area contributed by atoms with Gasteiger partial charge in [-0.15, -0.1) is 11.3 Å². The SMILES string of the molecule is Cc1sc2nc(CC(=O)NNC(=O)c3ccc(N(C)C)cc3)[nH]c(=O)c2c1C. The fraction of sp³-hybridized carbons (Fsp3) is 0.263. The Balaban J connectivity index is 1.63. The van der Waals surface area contributed by atoms with Crippen molar-refractivity contribution in [2.75, 3.05) is 19.0 Å². The van der Waals surface area contributed by atoms with Crippen LogP contribution in [0.2, 0.25) is 0 Å². The number of rotatable bonds is 4. The molecular formula is C19H21N5O3S. The molecule has 1 aromatic carbocycles. The van der Waals surface area contributed by atoms with E-state index in [1.54, 1.807) is 12.1 Å². The summed E-state index contributed by atoms with van der Waals surface area (Å²) in [5.41, 5.74) is 6.73. The minimum Gasteiger partial charge on any atom is -0.378 e. The smallest absolute Gasteiger partial charge is 0.269 e. The van der Waals surface area contributed by atoms with Crippen LogP contribution in [0, 0.1) is 13.8 Å². The van der Waals surface area contributed by atoms with Gasteiger partial charge < -0.3 is 9.88 Å². The van der Waals surface area contributed by atoms with Crippen LogP contribution in [-0.2, 0) is 11.2 Å². The van der Waals surface area contributed by atoms with Gasteiger partial charge in [-0.3, -0.25) is 25.2 Å². The number of anilines is 1. The van der Waals surface area contributed by atoms with Gasteiger partial charge in [0.1, 0.15) is 10.7 Å². The van der Waals surface area contributed by atoms with Gasteiger partial charge in [0.05, 0.1) is 11.8 Å². The molecule has 2 aromatic heterocycles.